The van der Waals surface area contributed by atoms with Crippen LogP contribution in [0.3, 0.4) is 0 Å². The lowest BCUT2D eigenvalue weighted by atomic mass is 10.1. The molecule has 0 unspecified atom stereocenters. The van der Waals surface area contributed by atoms with Crippen LogP contribution in [0.15, 0.2) is 30.5 Å². The number of aryl methyl sites for hydroxylation is 2. The monoisotopic (exact) mass is 246 g/mol. The van der Waals surface area contributed by atoms with Crippen molar-refractivity contribution in [1.82, 2.24) is 9.78 Å². The molecule has 18 heavy (non-hydrogen) atoms. The summed E-state index contributed by atoms with van der Waals surface area (Å²) in [7, 11) is 1.82. The van der Waals surface area contributed by atoms with E-state index in [9.17, 15) is 4.79 Å². The van der Waals surface area contributed by atoms with Crippen molar-refractivity contribution in [2.45, 2.75) is 13.5 Å². The summed E-state index contributed by atoms with van der Waals surface area (Å²) < 4.78 is 7.20. The van der Waals surface area contributed by atoms with Crippen LogP contribution in [0.25, 0.3) is 0 Å². The minimum absolute atomic E-state index is 0.163. The maximum absolute atomic E-state index is 11.0. The summed E-state index contributed by atoms with van der Waals surface area (Å²) in [6.07, 6.45) is 1.81. The van der Waals surface area contributed by atoms with Gasteiger partial charge in [0, 0.05) is 13.2 Å². The molecule has 0 atom stereocenters. The lowest BCUT2D eigenvalue weighted by Gasteiger charge is -2.08. The fraction of sp³-hybridized carbons (Fsp3) is 0.231. The van der Waals surface area contributed by atoms with Crippen molar-refractivity contribution >= 4 is 5.97 Å². The summed E-state index contributed by atoms with van der Waals surface area (Å²) in [5, 5.41) is 13.2. The molecular formula is C13H14N2O3. The summed E-state index contributed by atoms with van der Waals surface area (Å²) in [6.45, 7) is 2.14. The van der Waals surface area contributed by atoms with E-state index in [4.69, 9.17) is 9.84 Å². The van der Waals surface area contributed by atoms with Gasteiger partial charge in [0.05, 0.1) is 5.69 Å². The van der Waals surface area contributed by atoms with Gasteiger partial charge in [0.1, 0.15) is 17.9 Å². The number of nitrogens with zero attached hydrogens (tertiary/aromatic N) is 2. The predicted molar refractivity (Wildman–Crippen MR) is 65.7 cm³/mol. The van der Waals surface area contributed by atoms with Gasteiger partial charge in [0.15, 0.2) is 0 Å². The summed E-state index contributed by atoms with van der Waals surface area (Å²) in [6, 6.07) is 6.84. The van der Waals surface area contributed by atoms with Crippen molar-refractivity contribution in [1.29, 1.82) is 0 Å². The second-order valence-corrected chi connectivity index (χ2v) is 4.07. The van der Waals surface area contributed by atoms with Gasteiger partial charge < -0.3 is 9.84 Å². The summed E-state index contributed by atoms with van der Waals surface area (Å²) in [5.41, 5.74) is 1.88. The third-order valence-electron chi connectivity index (χ3n) is 2.51. The maximum Gasteiger partial charge on any atom is 0.339 e. The molecule has 1 N–H and O–H groups in total. The first-order valence-corrected chi connectivity index (χ1v) is 5.51. The van der Waals surface area contributed by atoms with Crippen LogP contribution in [-0.4, -0.2) is 20.9 Å². The lowest BCUT2D eigenvalue weighted by molar-refractivity contribution is 0.0691. The molecule has 2 rings (SSSR count). The zero-order valence-electron chi connectivity index (χ0n) is 10.3. The van der Waals surface area contributed by atoms with Gasteiger partial charge in [0.25, 0.3) is 0 Å². The molecular weight excluding hydrogens is 232 g/mol. The van der Waals surface area contributed by atoms with Gasteiger partial charge in [-0.3, -0.25) is 4.68 Å². The Bertz CT molecular complexity index is 575. The first-order valence-electron chi connectivity index (χ1n) is 5.51. The fourth-order valence-electron chi connectivity index (χ4n) is 1.62. The van der Waals surface area contributed by atoms with Crippen LogP contribution in [0.2, 0.25) is 0 Å². The fourth-order valence-corrected chi connectivity index (χ4v) is 1.62. The Labute approximate surface area is 105 Å². The Hall–Kier alpha value is -2.30. The maximum atomic E-state index is 11.0. The Kier molecular flexibility index (Phi) is 3.32. The summed E-state index contributed by atoms with van der Waals surface area (Å²) in [5.74, 6) is -0.626. The van der Waals surface area contributed by atoms with E-state index in [0.717, 1.165) is 11.3 Å². The number of hydrogen-bond donors (Lipinski definition) is 1. The van der Waals surface area contributed by atoms with Crippen LogP contribution >= 0.6 is 0 Å². The lowest BCUT2D eigenvalue weighted by Crippen LogP contribution is -2.04. The second-order valence-electron chi connectivity index (χ2n) is 4.07. The molecule has 0 saturated heterocycles. The van der Waals surface area contributed by atoms with E-state index in [0.29, 0.717) is 5.75 Å². The molecule has 94 valence electrons. The van der Waals surface area contributed by atoms with Crippen molar-refractivity contribution < 1.29 is 14.6 Å². The van der Waals surface area contributed by atoms with Crippen LogP contribution < -0.4 is 4.74 Å². The number of carbonyl (C=O) groups is 1. The number of benzene rings is 1. The first-order chi connectivity index (χ1) is 8.56. The van der Waals surface area contributed by atoms with E-state index in [1.807, 2.05) is 26.2 Å². The minimum atomic E-state index is -0.994. The molecule has 1 aromatic heterocycles. The SMILES string of the molecule is Cc1ccc(C(=O)O)c(OCc2ccn(C)n2)c1. The highest BCUT2D eigenvalue weighted by Gasteiger charge is 2.11. The average Bonchev–Trinajstić information content (AvgIpc) is 2.72. The van der Waals surface area contributed by atoms with Gasteiger partial charge in [-0.15, -0.1) is 0 Å². The molecule has 5 heteroatoms. The van der Waals surface area contributed by atoms with Gasteiger partial charge in [-0.1, -0.05) is 6.07 Å². The molecule has 0 aliphatic carbocycles. The number of aromatic carboxylic acids is 1. The quantitative estimate of drug-likeness (QED) is 0.896. The number of carboxylic acid groups (broad SMARTS) is 1. The number of carboxylic acids is 1. The highest BCUT2D eigenvalue weighted by Crippen LogP contribution is 2.21. The number of aromatic nitrogens is 2. The van der Waals surface area contributed by atoms with Crippen molar-refractivity contribution in [2.24, 2.45) is 7.05 Å². The Morgan fingerprint density at radius 1 is 1.44 bits per heavy atom. The third kappa shape index (κ3) is 2.68. The number of rotatable bonds is 4. The average molecular weight is 246 g/mol. The molecule has 5 nitrogen and oxygen atoms in total. The van der Waals surface area contributed by atoms with E-state index >= 15 is 0 Å². The van der Waals surface area contributed by atoms with Crippen LogP contribution in [0.1, 0.15) is 21.6 Å². The molecule has 0 amide bonds. The Morgan fingerprint density at radius 2 is 2.22 bits per heavy atom. The van der Waals surface area contributed by atoms with Gasteiger partial charge in [0.2, 0.25) is 0 Å². The number of hydrogen-bond acceptors (Lipinski definition) is 3. The largest absolute Gasteiger partial charge is 0.486 e. The molecule has 0 fully saturated rings. The van der Waals surface area contributed by atoms with Crippen LogP contribution in [-0.2, 0) is 13.7 Å². The van der Waals surface area contributed by atoms with Crippen molar-refractivity contribution in [3.63, 3.8) is 0 Å². The van der Waals surface area contributed by atoms with Crippen LogP contribution in [0.4, 0.5) is 0 Å². The van der Waals surface area contributed by atoms with Crippen molar-refractivity contribution in [3.05, 3.63) is 47.3 Å². The second kappa shape index (κ2) is 4.91. The first kappa shape index (κ1) is 12.2. The summed E-state index contributed by atoms with van der Waals surface area (Å²) in [4.78, 5) is 11.0. The van der Waals surface area contributed by atoms with Gasteiger partial charge in [-0.2, -0.15) is 5.10 Å². The van der Waals surface area contributed by atoms with E-state index in [-0.39, 0.29) is 12.2 Å². The summed E-state index contributed by atoms with van der Waals surface area (Å²) >= 11 is 0. The topological polar surface area (TPSA) is 64.3 Å². The zero-order chi connectivity index (χ0) is 13.1. The van der Waals surface area contributed by atoms with Crippen molar-refractivity contribution in [3.8, 4) is 5.75 Å². The molecule has 0 radical (unpaired) electrons. The molecule has 1 aromatic carbocycles. The van der Waals surface area contributed by atoms with Gasteiger partial charge in [-0.05, 0) is 30.7 Å². The molecule has 0 saturated carbocycles. The van der Waals surface area contributed by atoms with Gasteiger partial charge in [-0.25, -0.2) is 4.79 Å². The molecule has 0 aliphatic heterocycles. The molecule has 1 heterocycles. The Morgan fingerprint density at radius 3 is 2.83 bits per heavy atom. The molecule has 0 spiro atoms. The smallest absolute Gasteiger partial charge is 0.339 e. The normalized spacial score (nSPS) is 10.3. The van der Waals surface area contributed by atoms with E-state index in [2.05, 4.69) is 5.10 Å². The standard InChI is InChI=1S/C13H14N2O3/c1-9-3-4-11(13(16)17)12(7-9)18-8-10-5-6-15(2)14-10/h3-7H,8H2,1-2H3,(H,16,17). The van der Waals surface area contributed by atoms with Crippen molar-refractivity contribution in [2.75, 3.05) is 0 Å². The van der Waals surface area contributed by atoms with Gasteiger partial charge >= 0.3 is 5.97 Å². The van der Waals surface area contributed by atoms with E-state index in [1.54, 1.807) is 22.9 Å². The van der Waals surface area contributed by atoms with Crippen LogP contribution in [0, 0.1) is 6.92 Å². The zero-order valence-corrected chi connectivity index (χ0v) is 10.3. The molecule has 2 aromatic rings. The molecule has 0 bridgehead atoms. The minimum Gasteiger partial charge on any atom is -0.486 e. The van der Waals surface area contributed by atoms with E-state index < -0.39 is 5.97 Å². The van der Waals surface area contributed by atoms with E-state index in [1.165, 1.54) is 0 Å². The highest BCUT2D eigenvalue weighted by molar-refractivity contribution is 5.90. The predicted octanol–water partition coefficient (Wildman–Crippen LogP) is 2.01. The molecule has 0 aliphatic rings. The number of ether oxygens (including phenoxy) is 1. The highest BCUT2D eigenvalue weighted by atomic mass is 16.5. The Balaban J connectivity index is 2.17. The third-order valence-corrected chi connectivity index (χ3v) is 2.51. The van der Waals surface area contributed by atoms with Crippen LogP contribution in [0.5, 0.6) is 5.75 Å².